The van der Waals surface area contributed by atoms with Crippen LogP contribution in [0.1, 0.15) is 26.7 Å². The Labute approximate surface area is 178 Å². The maximum absolute atomic E-state index is 12.8. The molecule has 162 valence electrons. The number of para-hydroxylation sites is 2. The summed E-state index contributed by atoms with van der Waals surface area (Å²) in [5, 5.41) is 2.75. The molecule has 7 nitrogen and oxygen atoms in total. The van der Waals surface area contributed by atoms with Crippen molar-refractivity contribution in [2.24, 2.45) is 5.92 Å². The lowest BCUT2D eigenvalue weighted by Gasteiger charge is -2.29. The van der Waals surface area contributed by atoms with Crippen LogP contribution in [0.5, 0.6) is 11.5 Å². The van der Waals surface area contributed by atoms with Crippen LogP contribution in [-0.4, -0.2) is 44.9 Å². The van der Waals surface area contributed by atoms with E-state index in [1.165, 1.54) is 23.5 Å². The summed E-state index contributed by atoms with van der Waals surface area (Å²) in [6.45, 7) is 4.86. The van der Waals surface area contributed by atoms with Gasteiger partial charge in [-0.15, -0.1) is 0 Å². The quantitative estimate of drug-likeness (QED) is 0.724. The molecule has 8 heteroatoms. The second-order valence-corrected chi connectivity index (χ2v) is 9.45. The molecule has 1 atom stereocenters. The SMILES string of the molecule is COc1ccccc1OC(C)C(=O)Nc1ccc(S(=O)(=O)N2CCC(C)CC2)cc1. The van der Waals surface area contributed by atoms with E-state index in [1.807, 2.05) is 6.07 Å². The number of rotatable bonds is 7. The summed E-state index contributed by atoms with van der Waals surface area (Å²) < 4.78 is 38.1. The summed E-state index contributed by atoms with van der Waals surface area (Å²) in [5.74, 6) is 1.22. The van der Waals surface area contributed by atoms with Gasteiger partial charge < -0.3 is 14.8 Å². The zero-order chi connectivity index (χ0) is 21.7. The van der Waals surface area contributed by atoms with E-state index in [9.17, 15) is 13.2 Å². The van der Waals surface area contributed by atoms with Crippen molar-refractivity contribution in [1.29, 1.82) is 0 Å². The highest BCUT2D eigenvalue weighted by Gasteiger charge is 2.28. The van der Waals surface area contributed by atoms with E-state index in [1.54, 1.807) is 37.3 Å². The highest BCUT2D eigenvalue weighted by Crippen LogP contribution is 2.27. The molecule has 3 rings (SSSR count). The molecule has 1 aliphatic heterocycles. The molecular weight excluding hydrogens is 404 g/mol. The van der Waals surface area contributed by atoms with Crippen molar-refractivity contribution in [3.63, 3.8) is 0 Å². The molecule has 2 aromatic carbocycles. The van der Waals surface area contributed by atoms with E-state index in [0.717, 1.165) is 12.8 Å². The van der Waals surface area contributed by atoms with Crippen molar-refractivity contribution in [2.75, 3.05) is 25.5 Å². The summed E-state index contributed by atoms with van der Waals surface area (Å²) >= 11 is 0. The second-order valence-electron chi connectivity index (χ2n) is 7.51. The van der Waals surface area contributed by atoms with Gasteiger partial charge in [-0.2, -0.15) is 4.31 Å². The number of benzene rings is 2. The fraction of sp³-hybridized carbons (Fsp3) is 0.409. The van der Waals surface area contributed by atoms with E-state index in [0.29, 0.717) is 36.2 Å². The van der Waals surface area contributed by atoms with Crippen molar-refractivity contribution < 1.29 is 22.7 Å². The van der Waals surface area contributed by atoms with Crippen LogP contribution in [0.3, 0.4) is 0 Å². The van der Waals surface area contributed by atoms with Gasteiger partial charge in [0.05, 0.1) is 12.0 Å². The summed E-state index contributed by atoms with van der Waals surface area (Å²) in [5.41, 5.74) is 0.502. The zero-order valence-corrected chi connectivity index (χ0v) is 18.3. The average molecular weight is 433 g/mol. The Kier molecular flexibility index (Phi) is 6.99. The number of sulfonamides is 1. The number of amides is 1. The van der Waals surface area contributed by atoms with Crippen molar-refractivity contribution in [2.45, 2.75) is 37.7 Å². The molecule has 2 aromatic rings. The Morgan fingerprint density at radius 1 is 1.07 bits per heavy atom. The van der Waals surface area contributed by atoms with Crippen molar-refractivity contribution in [3.05, 3.63) is 48.5 Å². The maximum atomic E-state index is 12.8. The molecule has 30 heavy (non-hydrogen) atoms. The largest absolute Gasteiger partial charge is 0.493 e. The van der Waals surface area contributed by atoms with Gasteiger partial charge in [0.2, 0.25) is 10.0 Å². The fourth-order valence-corrected chi connectivity index (χ4v) is 4.76. The third-order valence-electron chi connectivity index (χ3n) is 5.24. The van der Waals surface area contributed by atoms with Crippen LogP contribution in [0.25, 0.3) is 0 Å². The van der Waals surface area contributed by atoms with Crippen LogP contribution in [0.15, 0.2) is 53.4 Å². The standard InChI is InChI=1S/C22H28N2O5S/c1-16-12-14-24(15-13-16)30(26,27)19-10-8-18(9-11-19)23-22(25)17(2)29-21-7-5-4-6-20(21)28-3/h4-11,16-17H,12-15H2,1-3H3,(H,23,25). The van der Waals surface area contributed by atoms with Crippen LogP contribution >= 0.6 is 0 Å². The van der Waals surface area contributed by atoms with Gasteiger partial charge in [-0.25, -0.2) is 8.42 Å². The lowest BCUT2D eigenvalue weighted by molar-refractivity contribution is -0.122. The normalized spacial score (nSPS) is 16.6. The average Bonchev–Trinajstić information content (AvgIpc) is 2.74. The number of methoxy groups -OCH3 is 1. The van der Waals surface area contributed by atoms with Gasteiger partial charge in [-0.3, -0.25) is 4.79 Å². The van der Waals surface area contributed by atoms with E-state index in [4.69, 9.17) is 9.47 Å². The zero-order valence-electron chi connectivity index (χ0n) is 17.5. The molecule has 0 aliphatic carbocycles. The fourth-order valence-electron chi connectivity index (χ4n) is 3.29. The number of ether oxygens (including phenoxy) is 2. The monoisotopic (exact) mass is 432 g/mol. The summed E-state index contributed by atoms with van der Waals surface area (Å²) in [6.07, 6.45) is 0.981. The van der Waals surface area contributed by atoms with Crippen LogP contribution in [0.4, 0.5) is 5.69 Å². The van der Waals surface area contributed by atoms with Crippen LogP contribution in [-0.2, 0) is 14.8 Å². The molecule has 0 aromatic heterocycles. The first-order valence-corrected chi connectivity index (χ1v) is 11.5. The van der Waals surface area contributed by atoms with Crippen molar-refractivity contribution >= 4 is 21.6 Å². The Morgan fingerprint density at radius 3 is 2.27 bits per heavy atom. The number of anilines is 1. The first-order chi connectivity index (χ1) is 14.3. The van der Waals surface area contributed by atoms with E-state index >= 15 is 0 Å². The minimum Gasteiger partial charge on any atom is -0.493 e. The Balaban J connectivity index is 1.63. The van der Waals surface area contributed by atoms with Gasteiger partial charge in [0.1, 0.15) is 0 Å². The molecule has 0 radical (unpaired) electrons. The number of hydrogen-bond donors (Lipinski definition) is 1. The Morgan fingerprint density at radius 2 is 1.67 bits per heavy atom. The molecule has 1 saturated heterocycles. The van der Waals surface area contributed by atoms with Gasteiger partial charge in [0, 0.05) is 18.8 Å². The van der Waals surface area contributed by atoms with Crippen molar-refractivity contribution in [3.8, 4) is 11.5 Å². The molecule has 1 fully saturated rings. The number of hydrogen-bond acceptors (Lipinski definition) is 5. The Bertz CT molecular complexity index is 967. The minimum absolute atomic E-state index is 0.230. The molecule has 0 saturated carbocycles. The first kappa shape index (κ1) is 22.1. The minimum atomic E-state index is -3.51. The molecule has 1 heterocycles. The number of nitrogens with zero attached hydrogens (tertiary/aromatic N) is 1. The van der Waals surface area contributed by atoms with E-state index < -0.39 is 16.1 Å². The van der Waals surface area contributed by atoms with E-state index in [2.05, 4.69) is 12.2 Å². The number of carbonyl (C=O) groups is 1. The van der Waals surface area contributed by atoms with Gasteiger partial charge in [-0.05, 0) is 62.1 Å². The molecule has 1 amide bonds. The lowest BCUT2D eigenvalue weighted by atomic mass is 10.0. The first-order valence-electron chi connectivity index (χ1n) is 10.0. The van der Waals surface area contributed by atoms with Crippen LogP contribution in [0, 0.1) is 5.92 Å². The molecule has 0 spiro atoms. The second kappa shape index (κ2) is 9.49. The predicted octanol–water partition coefficient (Wildman–Crippen LogP) is 3.52. The third-order valence-corrected chi connectivity index (χ3v) is 7.16. The van der Waals surface area contributed by atoms with Crippen molar-refractivity contribution in [1.82, 2.24) is 4.31 Å². The number of carbonyl (C=O) groups excluding carboxylic acids is 1. The summed E-state index contributed by atoms with van der Waals surface area (Å²) in [7, 11) is -1.98. The smallest absolute Gasteiger partial charge is 0.265 e. The summed E-state index contributed by atoms with van der Waals surface area (Å²) in [4.78, 5) is 12.7. The lowest BCUT2D eigenvalue weighted by Crippen LogP contribution is -2.37. The van der Waals surface area contributed by atoms with Gasteiger partial charge in [0.25, 0.3) is 5.91 Å². The predicted molar refractivity (Wildman–Crippen MR) is 115 cm³/mol. The molecule has 1 N–H and O–H groups in total. The highest BCUT2D eigenvalue weighted by molar-refractivity contribution is 7.89. The third kappa shape index (κ3) is 5.12. The highest BCUT2D eigenvalue weighted by atomic mass is 32.2. The Hall–Kier alpha value is -2.58. The molecule has 1 unspecified atom stereocenters. The number of nitrogens with one attached hydrogen (secondary N) is 1. The molecule has 1 aliphatic rings. The summed E-state index contributed by atoms with van der Waals surface area (Å²) in [6, 6.07) is 13.3. The molecule has 0 bridgehead atoms. The van der Waals surface area contributed by atoms with Gasteiger partial charge in [0.15, 0.2) is 17.6 Å². The maximum Gasteiger partial charge on any atom is 0.265 e. The van der Waals surface area contributed by atoms with Gasteiger partial charge in [-0.1, -0.05) is 19.1 Å². The van der Waals surface area contributed by atoms with Gasteiger partial charge >= 0.3 is 0 Å². The van der Waals surface area contributed by atoms with Crippen LogP contribution in [0.2, 0.25) is 0 Å². The molecular formula is C22H28N2O5S. The topological polar surface area (TPSA) is 84.9 Å². The van der Waals surface area contributed by atoms with Crippen LogP contribution < -0.4 is 14.8 Å². The van der Waals surface area contributed by atoms with E-state index in [-0.39, 0.29) is 10.8 Å². The number of piperidine rings is 1.